The van der Waals surface area contributed by atoms with E-state index in [0.717, 1.165) is 18.4 Å². The van der Waals surface area contributed by atoms with Crippen LogP contribution in [0.1, 0.15) is 19.3 Å². The normalized spacial score (nSPS) is 32.4. The summed E-state index contributed by atoms with van der Waals surface area (Å²) in [6, 6.07) is 0. The highest BCUT2D eigenvalue weighted by atomic mass is 16.5. The summed E-state index contributed by atoms with van der Waals surface area (Å²) in [5.41, 5.74) is 1.10. The molecule has 1 fully saturated rings. The maximum Gasteiger partial charge on any atom is 0.0803 e. The van der Waals surface area contributed by atoms with Crippen molar-refractivity contribution in [3.63, 3.8) is 0 Å². The minimum absolute atomic E-state index is 0.216. The lowest BCUT2D eigenvalue weighted by molar-refractivity contribution is 0.0424. The lowest BCUT2D eigenvalue weighted by Crippen LogP contribution is -2.29. The first kappa shape index (κ1) is 8.75. The molecule has 0 saturated heterocycles. The molecule has 0 spiro atoms. The molecule has 0 bridgehead atoms. The Morgan fingerprint density at radius 2 is 1.64 bits per heavy atom. The number of rotatable bonds is 2. The lowest BCUT2D eigenvalue weighted by atomic mass is 9.90. The molecule has 11 heavy (non-hydrogen) atoms. The van der Waals surface area contributed by atoms with Crippen molar-refractivity contribution in [3.05, 3.63) is 12.2 Å². The number of hydrogen-bond acceptors (Lipinski definition) is 2. The van der Waals surface area contributed by atoms with Crippen molar-refractivity contribution in [3.8, 4) is 0 Å². The molecule has 0 amide bonds. The van der Waals surface area contributed by atoms with Gasteiger partial charge in [0.2, 0.25) is 0 Å². The van der Waals surface area contributed by atoms with Gasteiger partial charge >= 0.3 is 0 Å². The van der Waals surface area contributed by atoms with Gasteiger partial charge in [0, 0.05) is 14.2 Å². The van der Waals surface area contributed by atoms with Gasteiger partial charge in [-0.25, -0.2) is 0 Å². The van der Waals surface area contributed by atoms with Crippen molar-refractivity contribution in [1.82, 2.24) is 0 Å². The molecule has 0 aromatic rings. The predicted molar refractivity (Wildman–Crippen MR) is 44.6 cm³/mol. The molecule has 0 aromatic heterocycles. The lowest BCUT2D eigenvalue weighted by Gasteiger charge is -2.29. The third-order valence-corrected chi connectivity index (χ3v) is 2.33. The average Bonchev–Trinajstić information content (AvgIpc) is 2.05. The van der Waals surface area contributed by atoms with Crippen LogP contribution in [0.5, 0.6) is 0 Å². The highest BCUT2D eigenvalue weighted by Gasteiger charge is 2.25. The summed E-state index contributed by atoms with van der Waals surface area (Å²) in [5, 5.41) is 0. The van der Waals surface area contributed by atoms with Crippen LogP contribution in [0.25, 0.3) is 0 Å². The Morgan fingerprint density at radius 1 is 1.18 bits per heavy atom. The van der Waals surface area contributed by atoms with Crippen molar-refractivity contribution >= 4 is 0 Å². The molecule has 64 valence electrons. The van der Waals surface area contributed by atoms with Gasteiger partial charge in [-0.05, 0) is 24.8 Å². The van der Waals surface area contributed by atoms with E-state index in [0.29, 0.717) is 0 Å². The highest BCUT2D eigenvalue weighted by molar-refractivity contribution is 5.11. The van der Waals surface area contributed by atoms with E-state index in [1.807, 2.05) is 0 Å². The van der Waals surface area contributed by atoms with E-state index in [2.05, 4.69) is 6.58 Å². The van der Waals surface area contributed by atoms with Crippen LogP contribution < -0.4 is 0 Å². The van der Waals surface area contributed by atoms with Gasteiger partial charge < -0.3 is 9.47 Å². The van der Waals surface area contributed by atoms with E-state index in [1.165, 1.54) is 6.42 Å². The predicted octanol–water partition coefficient (Wildman–Crippen LogP) is 1.76. The van der Waals surface area contributed by atoms with Crippen LogP contribution in [0.15, 0.2) is 12.2 Å². The second kappa shape index (κ2) is 3.88. The summed E-state index contributed by atoms with van der Waals surface area (Å²) in [7, 11) is 3.46. The molecular formula is C9H16O2. The van der Waals surface area contributed by atoms with E-state index in [9.17, 15) is 0 Å². The van der Waals surface area contributed by atoms with Crippen molar-refractivity contribution < 1.29 is 9.47 Å². The fourth-order valence-electron chi connectivity index (χ4n) is 1.61. The second-order valence-electron chi connectivity index (χ2n) is 2.95. The fourth-order valence-corrected chi connectivity index (χ4v) is 1.61. The third kappa shape index (κ3) is 1.82. The van der Waals surface area contributed by atoms with Crippen LogP contribution >= 0.6 is 0 Å². The molecule has 0 N–H and O–H groups in total. The topological polar surface area (TPSA) is 18.5 Å². The van der Waals surface area contributed by atoms with Gasteiger partial charge in [0.05, 0.1) is 12.2 Å². The van der Waals surface area contributed by atoms with E-state index >= 15 is 0 Å². The molecule has 1 aliphatic rings. The van der Waals surface area contributed by atoms with Gasteiger partial charge in [0.25, 0.3) is 0 Å². The molecule has 2 unspecified atom stereocenters. The van der Waals surface area contributed by atoms with E-state index in [4.69, 9.17) is 9.47 Å². The quantitative estimate of drug-likeness (QED) is 0.567. The zero-order valence-electron chi connectivity index (χ0n) is 7.30. The minimum atomic E-state index is 0.216. The van der Waals surface area contributed by atoms with Crippen LogP contribution in [-0.4, -0.2) is 26.4 Å². The molecule has 0 aliphatic heterocycles. The molecule has 2 nitrogen and oxygen atoms in total. The maximum atomic E-state index is 5.26. The van der Waals surface area contributed by atoms with Gasteiger partial charge in [-0.1, -0.05) is 6.58 Å². The first-order valence-electron chi connectivity index (χ1n) is 4.04. The molecular weight excluding hydrogens is 140 g/mol. The molecule has 1 aliphatic carbocycles. The zero-order chi connectivity index (χ0) is 8.27. The second-order valence-corrected chi connectivity index (χ2v) is 2.95. The Balaban J connectivity index is 2.52. The summed E-state index contributed by atoms with van der Waals surface area (Å²) in [6.07, 6.45) is 3.79. The van der Waals surface area contributed by atoms with Gasteiger partial charge in [0.1, 0.15) is 0 Å². The van der Waals surface area contributed by atoms with Crippen LogP contribution in [0.2, 0.25) is 0 Å². The first-order chi connectivity index (χ1) is 5.29. The summed E-state index contributed by atoms with van der Waals surface area (Å²) in [5.74, 6) is 0. The van der Waals surface area contributed by atoms with Crippen LogP contribution in [0.3, 0.4) is 0 Å². The SMILES string of the molecule is C=C1C(OC)CCCC1OC. The Kier molecular flexibility index (Phi) is 3.09. The average molecular weight is 156 g/mol. The Morgan fingerprint density at radius 3 is 2.00 bits per heavy atom. The van der Waals surface area contributed by atoms with Crippen molar-refractivity contribution in [2.45, 2.75) is 31.5 Å². The first-order valence-corrected chi connectivity index (χ1v) is 4.04. The molecule has 2 atom stereocenters. The monoisotopic (exact) mass is 156 g/mol. The van der Waals surface area contributed by atoms with E-state index in [-0.39, 0.29) is 12.2 Å². The van der Waals surface area contributed by atoms with Crippen molar-refractivity contribution in [2.75, 3.05) is 14.2 Å². The summed E-state index contributed by atoms with van der Waals surface area (Å²) >= 11 is 0. The van der Waals surface area contributed by atoms with Crippen molar-refractivity contribution in [2.24, 2.45) is 0 Å². The highest BCUT2D eigenvalue weighted by Crippen LogP contribution is 2.26. The maximum absolute atomic E-state index is 5.26. The molecule has 0 radical (unpaired) electrons. The molecule has 0 aromatic carbocycles. The van der Waals surface area contributed by atoms with Gasteiger partial charge in [-0.15, -0.1) is 0 Å². The van der Waals surface area contributed by atoms with Gasteiger partial charge in [-0.3, -0.25) is 0 Å². The Hall–Kier alpha value is -0.340. The summed E-state index contributed by atoms with van der Waals surface area (Å²) in [4.78, 5) is 0. The molecule has 1 rings (SSSR count). The molecule has 1 saturated carbocycles. The van der Waals surface area contributed by atoms with E-state index in [1.54, 1.807) is 14.2 Å². The largest absolute Gasteiger partial charge is 0.377 e. The molecule has 0 heterocycles. The minimum Gasteiger partial charge on any atom is -0.377 e. The van der Waals surface area contributed by atoms with Gasteiger partial charge in [-0.2, -0.15) is 0 Å². The van der Waals surface area contributed by atoms with Crippen LogP contribution in [-0.2, 0) is 9.47 Å². The van der Waals surface area contributed by atoms with E-state index < -0.39 is 0 Å². The number of hydrogen-bond donors (Lipinski definition) is 0. The Bertz CT molecular complexity index is 128. The fraction of sp³-hybridized carbons (Fsp3) is 0.778. The standard InChI is InChI=1S/C9H16O2/c1-7-8(10-2)5-4-6-9(7)11-3/h8-9H,1,4-6H2,2-3H3. The van der Waals surface area contributed by atoms with Crippen LogP contribution in [0.4, 0.5) is 0 Å². The number of ether oxygens (including phenoxy) is 2. The van der Waals surface area contributed by atoms with Gasteiger partial charge in [0.15, 0.2) is 0 Å². The number of methoxy groups -OCH3 is 2. The third-order valence-electron chi connectivity index (χ3n) is 2.33. The van der Waals surface area contributed by atoms with Crippen LogP contribution in [0, 0.1) is 0 Å². The summed E-state index contributed by atoms with van der Waals surface area (Å²) < 4.78 is 10.5. The smallest absolute Gasteiger partial charge is 0.0803 e. The molecule has 2 heteroatoms. The van der Waals surface area contributed by atoms with Crippen molar-refractivity contribution in [1.29, 1.82) is 0 Å². The zero-order valence-corrected chi connectivity index (χ0v) is 7.30. The Labute approximate surface area is 68.2 Å². The summed E-state index contributed by atoms with van der Waals surface area (Å²) in [6.45, 7) is 3.97.